The van der Waals surface area contributed by atoms with Gasteiger partial charge < -0.3 is 15.0 Å². The maximum absolute atomic E-state index is 8.17. The third-order valence-corrected chi connectivity index (χ3v) is 1.46. The topological polar surface area (TPSA) is 54.9 Å². The fourth-order valence-corrected chi connectivity index (χ4v) is 1.05. The Morgan fingerprint density at radius 3 is 2.20 bits per heavy atom. The van der Waals surface area contributed by atoms with Gasteiger partial charge in [-0.25, -0.2) is 0 Å². The molecule has 0 N–H and O–H groups in total. The number of ether oxygens (including phenoxy) is 2. The Morgan fingerprint density at radius 1 is 1.40 bits per heavy atom. The third kappa shape index (κ3) is 4.52. The van der Waals surface area contributed by atoms with Crippen molar-refractivity contribution in [1.82, 2.24) is 4.43 Å². The highest BCUT2D eigenvalue weighted by Gasteiger charge is 2.12. The smallest absolute Gasteiger partial charge is 0.394 e. The molecule has 0 aromatic heterocycles. The minimum atomic E-state index is -0.361. The Hall–Kier alpha value is -0.353. The van der Waals surface area contributed by atoms with E-state index in [1.807, 2.05) is 13.8 Å². The van der Waals surface area contributed by atoms with Crippen LogP contribution in [-0.2, 0) is 9.47 Å². The van der Waals surface area contributed by atoms with Crippen molar-refractivity contribution in [3.05, 3.63) is 5.53 Å². The molecule has 1 radical (unpaired) electrons. The summed E-state index contributed by atoms with van der Waals surface area (Å²) in [5.74, 6) is -0.361. The normalized spacial score (nSPS) is 9.50. The lowest BCUT2D eigenvalue weighted by atomic mass is 10.9. The molecule has 0 rings (SSSR count). The molecule has 0 bridgehead atoms. The van der Waals surface area contributed by atoms with Crippen LogP contribution in [0.4, 0.5) is 0 Å². The molecule has 57 valence electrons. The van der Waals surface area contributed by atoms with Gasteiger partial charge in [0.15, 0.2) is 0 Å². The molecular weight excluding hydrogens is 148 g/mol. The van der Waals surface area contributed by atoms with Gasteiger partial charge >= 0.3 is 9.31 Å². The zero-order valence-electron chi connectivity index (χ0n) is 6.20. The van der Waals surface area contributed by atoms with E-state index in [0.29, 0.717) is 13.2 Å². The first-order valence-corrected chi connectivity index (χ1v) is 4.20. The van der Waals surface area contributed by atoms with Gasteiger partial charge in [0.2, 0.25) is 5.91 Å². The summed E-state index contributed by atoms with van der Waals surface area (Å²) < 4.78 is 13.1. The lowest BCUT2D eigenvalue weighted by molar-refractivity contribution is -0.0815. The lowest BCUT2D eigenvalue weighted by Gasteiger charge is -2.05. The summed E-state index contributed by atoms with van der Waals surface area (Å²) in [6, 6.07) is 0. The van der Waals surface area contributed by atoms with Gasteiger partial charge in [0, 0.05) is 13.2 Å². The molecule has 0 aliphatic rings. The van der Waals surface area contributed by atoms with E-state index in [1.54, 1.807) is 0 Å². The van der Waals surface area contributed by atoms with E-state index in [2.05, 4.69) is 4.43 Å². The standard InChI is InChI=1S/C5H11N2O2Si/c1-3-8-5(9-4-2)10-7-6/h5H,3-4H2,1-2H3. The van der Waals surface area contributed by atoms with Crippen LogP contribution >= 0.6 is 0 Å². The second-order valence-corrected chi connectivity index (χ2v) is 2.40. The summed E-state index contributed by atoms with van der Waals surface area (Å²) in [5.41, 5.74) is 8.17. The van der Waals surface area contributed by atoms with Crippen molar-refractivity contribution < 1.29 is 9.47 Å². The largest absolute Gasteiger partial charge is 0.629 e. The molecule has 0 unspecified atom stereocenters. The number of rotatable bonds is 5. The molecule has 0 fully saturated rings. The number of hydrogen-bond donors (Lipinski definition) is 0. The Balaban J connectivity index is 3.60. The zero-order valence-corrected chi connectivity index (χ0v) is 7.20. The van der Waals surface area contributed by atoms with Crippen LogP contribution in [0.5, 0.6) is 0 Å². The molecule has 0 aliphatic heterocycles. The van der Waals surface area contributed by atoms with Crippen LogP contribution in [0.25, 0.3) is 5.53 Å². The van der Waals surface area contributed by atoms with Crippen molar-refractivity contribution in [2.75, 3.05) is 13.2 Å². The highest BCUT2D eigenvalue weighted by molar-refractivity contribution is 6.21. The second kappa shape index (κ2) is 6.76. The lowest BCUT2D eigenvalue weighted by Crippen LogP contribution is -2.20. The first-order chi connectivity index (χ1) is 4.85. The van der Waals surface area contributed by atoms with Crippen LogP contribution in [0.15, 0.2) is 0 Å². The Kier molecular flexibility index (Phi) is 6.52. The van der Waals surface area contributed by atoms with Gasteiger partial charge in [-0.2, -0.15) is 0 Å². The van der Waals surface area contributed by atoms with Gasteiger partial charge in [0.05, 0.1) is 0 Å². The average Bonchev–Trinajstić information content (AvgIpc) is 1.90. The van der Waals surface area contributed by atoms with Gasteiger partial charge in [0.1, 0.15) is 0 Å². The van der Waals surface area contributed by atoms with Crippen molar-refractivity contribution in [3.8, 4) is 0 Å². The van der Waals surface area contributed by atoms with E-state index in [-0.39, 0.29) is 15.2 Å². The molecule has 0 aromatic rings. The third-order valence-electron chi connectivity index (χ3n) is 0.799. The van der Waals surface area contributed by atoms with E-state index in [0.717, 1.165) is 0 Å². The van der Waals surface area contributed by atoms with Crippen molar-refractivity contribution in [2.45, 2.75) is 19.8 Å². The van der Waals surface area contributed by atoms with E-state index < -0.39 is 0 Å². The summed E-state index contributed by atoms with van der Waals surface area (Å²) in [7, 11) is -0.0443. The number of nitrogens with zero attached hydrogens (tertiary/aromatic N) is 2. The van der Waals surface area contributed by atoms with Crippen LogP contribution in [0, 0.1) is 0 Å². The Labute approximate surface area is 62.6 Å². The van der Waals surface area contributed by atoms with Gasteiger partial charge in [-0.05, 0) is 13.8 Å². The fourth-order valence-electron chi connectivity index (χ4n) is 0.473. The zero-order chi connectivity index (χ0) is 7.82. The average molecular weight is 159 g/mol. The molecule has 0 heterocycles. The summed E-state index contributed by atoms with van der Waals surface area (Å²) in [5, 5.41) is 0. The van der Waals surface area contributed by atoms with Crippen LogP contribution in [0.2, 0.25) is 0 Å². The van der Waals surface area contributed by atoms with Crippen molar-refractivity contribution >= 4 is 9.31 Å². The van der Waals surface area contributed by atoms with Crippen LogP contribution < -0.4 is 4.43 Å². The van der Waals surface area contributed by atoms with Gasteiger partial charge in [-0.1, -0.05) is 0 Å². The van der Waals surface area contributed by atoms with Gasteiger partial charge in [-0.3, -0.25) is 4.43 Å². The quantitative estimate of drug-likeness (QED) is 0.251. The van der Waals surface area contributed by atoms with Crippen molar-refractivity contribution in [2.24, 2.45) is 0 Å². The maximum Gasteiger partial charge on any atom is 0.629 e. The first-order valence-electron chi connectivity index (χ1n) is 3.18. The molecule has 0 amide bonds. The summed E-state index contributed by atoms with van der Waals surface area (Å²) in [6.45, 7) is 4.89. The maximum atomic E-state index is 8.17. The van der Waals surface area contributed by atoms with Crippen LogP contribution in [-0.4, -0.2) is 28.4 Å². The molecular formula is C5H11N2O2Si. The van der Waals surface area contributed by atoms with E-state index in [1.165, 1.54) is 0 Å². The Morgan fingerprint density at radius 2 is 1.90 bits per heavy atom. The molecule has 0 aliphatic carbocycles. The molecule has 5 heteroatoms. The highest BCUT2D eigenvalue weighted by atomic mass is 28.2. The monoisotopic (exact) mass is 159 g/mol. The molecule has 0 saturated heterocycles. The van der Waals surface area contributed by atoms with Crippen molar-refractivity contribution in [1.29, 1.82) is 0 Å². The van der Waals surface area contributed by atoms with Crippen molar-refractivity contribution in [3.63, 3.8) is 0 Å². The molecule has 0 spiro atoms. The minimum Gasteiger partial charge on any atom is -0.394 e. The highest BCUT2D eigenvalue weighted by Crippen LogP contribution is 1.87. The second-order valence-electron chi connectivity index (χ2n) is 1.47. The molecule has 0 saturated carbocycles. The Bertz CT molecular complexity index is 119. The summed E-state index contributed by atoms with van der Waals surface area (Å²) >= 11 is 0. The summed E-state index contributed by atoms with van der Waals surface area (Å²) in [6.07, 6.45) is 0. The first kappa shape index (κ1) is 9.65. The van der Waals surface area contributed by atoms with Gasteiger partial charge in [-0.15, -0.1) is 0 Å². The van der Waals surface area contributed by atoms with E-state index in [4.69, 9.17) is 15.0 Å². The minimum absolute atomic E-state index is 0.0443. The molecule has 0 atom stereocenters. The predicted octanol–water partition coefficient (Wildman–Crippen LogP) is 0.320. The predicted molar refractivity (Wildman–Crippen MR) is 38.3 cm³/mol. The van der Waals surface area contributed by atoms with Crippen LogP contribution in [0.3, 0.4) is 0 Å². The van der Waals surface area contributed by atoms with Gasteiger partial charge in [0.25, 0.3) is 0 Å². The SMILES string of the molecule is CCOC(OCC)[Si]=[N+]=[N-]. The number of hydrogen-bond acceptors (Lipinski definition) is 2. The fraction of sp³-hybridized carbons (Fsp3) is 1.00. The van der Waals surface area contributed by atoms with Crippen LogP contribution in [0.1, 0.15) is 13.8 Å². The summed E-state index contributed by atoms with van der Waals surface area (Å²) in [4.78, 5) is 0. The molecule has 0 aromatic carbocycles. The molecule has 4 nitrogen and oxygen atoms in total. The molecule has 10 heavy (non-hydrogen) atoms. The van der Waals surface area contributed by atoms with E-state index >= 15 is 0 Å². The van der Waals surface area contributed by atoms with E-state index in [9.17, 15) is 0 Å².